The van der Waals surface area contributed by atoms with E-state index in [0.717, 1.165) is 17.8 Å². The number of halogens is 5. The van der Waals surface area contributed by atoms with Crippen LogP contribution in [0.2, 0.25) is 10.2 Å². The monoisotopic (exact) mass is 575 g/mol. The van der Waals surface area contributed by atoms with Gasteiger partial charge in [-0.2, -0.15) is 13.2 Å². The van der Waals surface area contributed by atoms with E-state index in [4.69, 9.17) is 34.8 Å². The fraction of sp³-hybridized carbons (Fsp3) is 0.214. The van der Waals surface area contributed by atoms with Gasteiger partial charge in [-0.05, 0) is 55.3 Å². The molecule has 1 atom stereocenters. The van der Waals surface area contributed by atoms with Crippen LogP contribution in [0, 0.1) is 13.8 Å². The fourth-order valence-electron chi connectivity index (χ4n) is 4.63. The number of nitrogens with zero attached hydrogens (tertiary/aromatic N) is 3. The molecule has 5 N–H and O–H groups in total. The highest BCUT2D eigenvalue weighted by molar-refractivity contribution is 6.39. The van der Waals surface area contributed by atoms with E-state index in [2.05, 4.69) is 9.97 Å². The first-order chi connectivity index (χ1) is 18.3. The summed E-state index contributed by atoms with van der Waals surface area (Å²) in [4.78, 5) is 8.95. The number of aryl methyl sites for hydroxylation is 2. The molecule has 1 unspecified atom stereocenters. The number of rotatable bonds is 6. The van der Waals surface area contributed by atoms with Crippen LogP contribution >= 0.6 is 23.2 Å². The molecule has 0 fully saturated rings. The molecule has 11 heteroatoms. The Kier molecular flexibility index (Phi) is 7.82. The van der Waals surface area contributed by atoms with E-state index in [-0.39, 0.29) is 22.3 Å². The summed E-state index contributed by atoms with van der Waals surface area (Å²) in [7, 11) is 1.55. The maximum Gasteiger partial charge on any atom is 0.416 e. The highest BCUT2D eigenvalue weighted by atomic mass is 35.5. The van der Waals surface area contributed by atoms with Crippen LogP contribution in [0.1, 0.15) is 39.2 Å². The van der Waals surface area contributed by atoms with Gasteiger partial charge in [-0.1, -0.05) is 47.5 Å². The minimum absolute atomic E-state index is 0.123. The summed E-state index contributed by atoms with van der Waals surface area (Å²) in [6.45, 7) is 3.61. The minimum Gasteiger partial charge on any atom is -0.403 e. The summed E-state index contributed by atoms with van der Waals surface area (Å²) >= 11 is 13.3. The highest BCUT2D eigenvalue weighted by Gasteiger charge is 2.40. The van der Waals surface area contributed by atoms with Crippen LogP contribution in [0.4, 0.5) is 13.2 Å². The summed E-state index contributed by atoms with van der Waals surface area (Å²) in [6.07, 6.45) is -3.07. The molecule has 2 aromatic heterocycles. The van der Waals surface area contributed by atoms with Gasteiger partial charge in [-0.25, -0.2) is 10.8 Å². The van der Waals surface area contributed by atoms with E-state index >= 15 is 0 Å². The topological polar surface area (TPSA) is 101 Å². The number of hydrazine groups is 1. The molecule has 204 valence electrons. The molecular weight excluding hydrogens is 550 g/mol. The molecule has 0 saturated heterocycles. The van der Waals surface area contributed by atoms with Gasteiger partial charge in [0.1, 0.15) is 5.15 Å². The maximum absolute atomic E-state index is 13.0. The van der Waals surface area contributed by atoms with Crippen LogP contribution in [0.15, 0.2) is 66.5 Å². The summed E-state index contributed by atoms with van der Waals surface area (Å²) < 4.78 is 39.0. The molecule has 0 radical (unpaired) electrons. The van der Waals surface area contributed by atoms with Gasteiger partial charge in [0.05, 0.1) is 21.8 Å². The van der Waals surface area contributed by atoms with Crippen molar-refractivity contribution in [1.29, 1.82) is 0 Å². The van der Waals surface area contributed by atoms with Crippen LogP contribution in [-0.2, 0) is 18.2 Å². The Morgan fingerprint density at radius 3 is 2.21 bits per heavy atom. The molecule has 4 aromatic rings. The van der Waals surface area contributed by atoms with E-state index in [0.29, 0.717) is 38.9 Å². The molecule has 2 heterocycles. The van der Waals surface area contributed by atoms with E-state index in [1.54, 1.807) is 44.3 Å². The Labute approximate surface area is 233 Å². The van der Waals surface area contributed by atoms with Crippen LogP contribution in [0.3, 0.4) is 0 Å². The second-order valence-corrected chi connectivity index (χ2v) is 9.99. The van der Waals surface area contributed by atoms with Crippen LogP contribution in [0.25, 0.3) is 10.9 Å². The number of aromatic nitrogens is 2. The molecule has 0 bridgehead atoms. The first kappa shape index (κ1) is 28.6. The molecule has 0 aliphatic carbocycles. The molecule has 0 aliphatic rings. The number of likely N-dealkylation sites (N-methyl/N-ethyl adjacent to an activating group) is 1. The largest absolute Gasteiger partial charge is 0.416 e. The quantitative estimate of drug-likeness (QED) is 0.148. The number of benzene rings is 2. The summed E-state index contributed by atoms with van der Waals surface area (Å²) in [5.74, 6) is 6.08. The van der Waals surface area contributed by atoms with Gasteiger partial charge in [0.25, 0.3) is 0 Å². The summed E-state index contributed by atoms with van der Waals surface area (Å²) in [6, 6.07) is 13.3. The lowest BCUT2D eigenvalue weighted by molar-refractivity contribution is -0.137. The van der Waals surface area contributed by atoms with Crippen molar-refractivity contribution in [3.8, 4) is 0 Å². The zero-order chi connectivity index (χ0) is 28.7. The molecule has 0 aliphatic heterocycles. The minimum atomic E-state index is -4.44. The van der Waals surface area contributed by atoms with Crippen molar-refractivity contribution < 1.29 is 18.3 Å². The molecule has 4 rings (SSSR count). The van der Waals surface area contributed by atoms with Gasteiger partial charge in [0.15, 0.2) is 5.60 Å². The van der Waals surface area contributed by atoms with Crippen LogP contribution in [0.5, 0.6) is 0 Å². The number of nitrogens with two attached hydrogens (primary N) is 2. The Morgan fingerprint density at radius 2 is 1.64 bits per heavy atom. The Morgan fingerprint density at radius 1 is 1.00 bits per heavy atom. The lowest BCUT2D eigenvalue weighted by Crippen LogP contribution is -2.42. The average Bonchev–Trinajstić information content (AvgIpc) is 2.86. The second kappa shape index (κ2) is 10.7. The summed E-state index contributed by atoms with van der Waals surface area (Å²) in [5, 5.41) is 14.3. The predicted octanol–water partition coefficient (Wildman–Crippen LogP) is 6.00. The molecule has 0 saturated carbocycles. The zero-order valence-corrected chi connectivity index (χ0v) is 22.8. The van der Waals surface area contributed by atoms with Gasteiger partial charge in [-0.15, -0.1) is 0 Å². The number of hydrogen-bond acceptors (Lipinski definition) is 6. The van der Waals surface area contributed by atoms with Crippen molar-refractivity contribution in [3.63, 3.8) is 0 Å². The average molecular weight is 576 g/mol. The van der Waals surface area contributed by atoms with Crippen molar-refractivity contribution in [3.05, 3.63) is 116 Å². The fourth-order valence-corrected chi connectivity index (χ4v) is 5.24. The SMILES string of the molecule is Cc1ccc(C(O)(/C(=C/N)N(C)N)c2ccc3nc(Cl)c(Cc4ccc(C(F)(F)F)cc4)c(Cl)c3c2)c(C)n1. The third kappa shape index (κ3) is 5.40. The van der Waals surface area contributed by atoms with E-state index in [9.17, 15) is 18.3 Å². The molecule has 0 spiro atoms. The van der Waals surface area contributed by atoms with Gasteiger partial charge >= 0.3 is 6.18 Å². The lowest BCUT2D eigenvalue weighted by Gasteiger charge is -2.36. The number of fused-ring (bicyclic) bond motifs is 1. The third-order valence-electron chi connectivity index (χ3n) is 6.57. The van der Waals surface area contributed by atoms with Gasteiger partial charge in [-0.3, -0.25) is 4.98 Å². The lowest BCUT2D eigenvalue weighted by atomic mass is 9.81. The second-order valence-electron chi connectivity index (χ2n) is 9.26. The molecular formula is C28H26Cl2F3N5O. The third-order valence-corrected chi connectivity index (χ3v) is 7.31. The smallest absolute Gasteiger partial charge is 0.403 e. The van der Waals surface area contributed by atoms with Gasteiger partial charge < -0.3 is 15.8 Å². The number of aliphatic hydroxyl groups is 1. The first-order valence-corrected chi connectivity index (χ1v) is 12.5. The predicted molar refractivity (Wildman–Crippen MR) is 147 cm³/mol. The van der Waals surface area contributed by atoms with Gasteiger partial charge in [0.2, 0.25) is 0 Å². The van der Waals surface area contributed by atoms with Crippen molar-refractivity contribution >= 4 is 34.1 Å². The van der Waals surface area contributed by atoms with Crippen molar-refractivity contribution in [2.45, 2.75) is 32.0 Å². The first-order valence-electron chi connectivity index (χ1n) is 11.8. The standard InChI is InChI=1S/C28H26Cl2F3N5O/c1-15-4-10-22(16(2)36-15)27(39,24(14-34)38(3)35)19-9-11-23-20(13-19)25(29)21(26(30)37-23)12-17-5-7-18(8-6-17)28(31,32)33/h4-11,13-14,39H,12,34-35H2,1-3H3/b24-14-. The molecule has 39 heavy (non-hydrogen) atoms. The molecule has 6 nitrogen and oxygen atoms in total. The van der Waals surface area contributed by atoms with Crippen LogP contribution in [-0.4, -0.2) is 27.1 Å². The van der Waals surface area contributed by atoms with E-state index in [1.807, 2.05) is 6.92 Å². The Hall–Kier alpha value is -3.37. The summed E-state index contributed by atoms with van der Waals surface area (Å²) in [5.41, 5.74) is 7.23. The number of alkyl halides is 3. The van der Waals surface area contributed by atoms with Crippen LogP contribution < -0.4 is 11.6 Å². The van der Waals surface area contributed by atoms with E-state index < -0.39 is 17.3 Å². The van der Waals surface area contributed by atoms with Crippen molar-refractivity contribution in [2.24, 2.45) is 11.6 Å². The normalized spacial score (nSPS) is 13.9. The maximum atomic E-state index is 13.0. The zero-order valence-electron chi connectivity index (χ0n) is 21.3. The molecule has 2 aromatic carbocycles. The Bertz CT molecular complexity index is 1570. The Balaban J connectivity index is 1.88. The number of hydrogen-bond donors (Lipinski definition) is 3. The van der Waals surface area contributed by atoms with Crippen molar-refractivity contribution in [1.82, 2.24) is 15.0 Å². The van der Waals surface area contributed by atoms with E-state index in [1.165, 1.54) is 23.3 Å². The number of pyridine rings is 2. The van der Waals surface area contributed by atoms with Crippen molar-refractivity contribution in [2.75, 3.05) is 7.05 Å². The molecule has 0 amide bonds. The van der Waals surface area contributed by atoms with Gasteiger partial charge in [0, 0.05) is 47.6 Å². The highest BCUT2D eigenvalue weighted by Crippen LogP contribution is 2.41.